The summed E-state index contributed by atoms with van der Waals surface area (Å²) in [7, 11) is 1.28. The molecule has 1 atom stereocenters. The molecule has 2 aromatic carbocycles. The molecule has 6 nitrogen and oxygen atoms in total. The van der Waals surface area contributed by atoms with E-state index in [0.717, 1.165) is 11.3 Å². The average molecular weight is 366 g/mol. The van der Waals surface area contributed by atoms with Crippen LogP contribution >= 0.6 is 0 Å². The molecule has 0 aromatic heterocycles. The van der Waals surface area contributed by atoms with E-state index in [0.29, 0.717) is 19.5 Å². The summed E-state index contributed by atoms with van der Waals surface area (Å²) in [5.74, 6) is -0.833. The Morgan fingerprint density at radius 2 is 1.78 bits per heavy atom. The molecule has 140 valence electrons. The molecule has 1 aliphatic heterocycles. The van der Waals surface area contributed by atoms with Gasteiger partial charge in [0.15, 0.2) is 0 Å². The maximum Gasteiger partial charge on any atom is 0.338 e. The highest BCUT2D eigenvalue weighted by Gasteiger charge is 2.31. The van der Waals surface area contributed by atoms with Crippen molar-refractivity contribution in [2.45, 2.75) is 13.3 Å². The van der Waals surface area contributed by atoms with E-state index in [1.165, 1.54) is 7.11 Å². The lowest BCUT2D eigenvalue weighted by atomic mass is 10.1. The van der Waals surface area contributed by atoms with E-state index in [1.807, 2.05) is 31.2 Å². The van der Waals surface area contributed by atoms with Crippen LogP contribution in [0, 0.1) is 12.8 Å². The molecule has 2 aromatic rings. The lowest BCUT2D eigenvalue weighted by molar-refractivity contribution is -0.117. The lowest BCUT2D eigenvalue weighted by Crippen LogP contribution is -2.32. The number of anilines is 1. The monoisotopic (exact) mass is 366 g/mol. The van der Waals surface area contributed by atoms with Crippen LogP contribution in [0.4, 0.5) is 5.69 Å². The van der Waals surface area contributed by atoms with Gasteiger partial charge in [0.05, 0.1) is 18.2 Å². The van der Waals surface area contributed by atoms with Crippen LogP contribution < -0.4 is 10.2 Å². The minimum absolute atomic E-state index is 0.0213. The first-order valence-electron chi connectivity index (χ1n) is 8.82. The van der Waals surface area contributed by atoms with Gasteiger partial charge in [0.25, 0.3) is 5.91 Å². The van der Waals surface area contributed by atoms with Gasteiger partial charge in [0.2, 0.25) is 5.91 Å². The van der Waals surface area contributed by atoms with Crippen molar-refractivity contribution in [2.24, 2.45) is 5.92 Å². The number of carbonyl (C=O) groups is 3. The summed E-state index contributed by atoms with van der Waals surface area (Å²) < 4.78 is 4.72. The highest BCUT2D eigenvalue weighted by atomic mass is 16.5. The Morgan fingerprint density at radius 1 is 1.11 bits per heavy atom. The van der Waals surface area contributed by atoms with E-state index < -0.39 is 5.97 Å². The first kappa shape index (κ1) is 18.6. The molecule has 3 rings (SSSR count). The third-order valence-corrected chi connectivity index (χ3v) is 4.68. The van der Waals surface area contributed by atoms with E-state index in [2.05, 4.69) is 5.32 Å². The predicted molar refractivity (Wildman–Crippen MR) is 102 cm³/mol. The smallest absolute Gasteiger partial charge is 0.338 e. The summed E-state index contributed by atoms with van der Waals surface area (Å²) in [6.45, 7) is 2.92. The number of ether oxygens (including phenoxy) is 1. The SMILES string of the molecule is COC(=O)c1ccccc1C(=O)NCC1CC(=O)N(c2ccc(C)cc2)C1. The predicted octanol–water partition coefficient (Wildman–Crippen LogP) is 2.56. The average Bonchev–Trinajstić information content (AvgIpc) is 3.06. The molecule has 1 unspecified atom stereocenters. The minimum Gasteiger partial charge on any atom is -0.465 e. The number of hydrogen-bond donors (Lipinski definition) is 1. The zero-order chi connectivity index (χ0) is 19.4. The normalized spacial score (nSPS) is 16.3. The zero-order valence-corrected chi connectivity index (χ0v) is 15.4. The topological polar surface area (TPSA) is 75.7 Å². The van der Waals surface area contributed by atoms with E-state index in [9.17, 15) is 14.4 Å². The maximum atomic E-state index is 12.5. The largest absolute Gasteiger partial charge is 0.465 e. The number of rotatable bonds is 5. The standard InChI is InChI=1S/C21H22N2O4/c1-14-7-9-16(10-8-14)23-13-15(11-19(23)24)12-22-20(25)17-5-3-4-6-18(17)21(26)27-2/h3-10,15H,11-13H2,1-2H3,(H,22,25). The van der Waals surface area contributed by atoms with Crippen LogP contribution in [0.15, 0.2) is 48.5 Å². The van der Waals surface area contributed by atoms with Crippen molar-refractivity contribution in [1.29, 1.82) is 0 Å². The van der Waals surface area contributed by atoms with Crippen molar-refractivity contribution in [1.82, 2.24) is 5.32 Å². The number of amides is 2. The Morgan fingerprint density at radius 3 is 2.44 bits per heavy atom. The number of esters is 1. The van der Waals surface area contributed by atoms with Crippen LogP contribution in [0.5, 0.6) is 0 Å². The molecule has 0 bridgehead atoms. The first-order valence-corrected chi connectivity index (χ1v) is 8.82. The summed E-state index contributed by atoms with van der Waals surface area (Å²) >= 11 is 0. The van der Waals surface area contributed by atoms with Gasteiger partial charge >= 0.3 is 5.97 Å². The fraction of sp³-hybridized carbons (Fsp3) is 0.286. The second kappa shape index (κ2) is 8.03. The number of nitrogens with one attached hydrogen (secondary N) is 1. The Kier molecular flexibility index (Phi) is 5.54. The van der Waals surface area contributed by atoms with Gasteiger partial charge < -0.3 is 15.0 Å². The fourth-order valence-electron chi connectivity index (χ4n) is 3.19. The second-order valence-electron chi connectivity index (χ2n) is 6.66. The van der Waals surface area contributed by atoms with Gasteiger partial charge in [-0.3, -0.25) is 9.59 Å². The summed E-state index contributed by atoms with van der Waals surface area (Å²) in [4.78, 5) is 38.4. The molecule has 0 radical (unpaired) electrons. The van der Waals surface area contributed by atoms with Crippen molar-refractivity contribution < 1.29 is 19.1 Å². The lowest BCUT2D eigenvalue weighted by Gasteiger charge is -2.17. The molecular formula is C21H22N2O4. The number of methoxy groups -OCH3 is 1. The molecule has 6 heteroatoms. The molecule has 1 N–H and O–H groups in total. The molecule has 27 heavy (non-hydrogen) atoms. The molecular weight excluding hydrogens is 344 g/mol. The molecule has 1 heterocycles. The fourth-order valence-corrected chi connectivity index (χ4v) is 3.19. The number of benzene rings is 2. The van der Waals surface area contributed by atoms with Crippen LogP contribution in [-0.4, -0.2) is 38.0 Å². The van der Waals surface area contributed by atoms with Gasteiger partial charge in [0.1, 0.15) is 0 Å². The third-order valence-electron chi connectivity index (χ3n) is 4.68. The molecule has 1 saturated heterocycles. The van der Waals surface area contributed by atoms with Gasteiger partial charge in [-0.05, 0) is 31.2 Å². The van der Waals surface area contributed by atoms with Crippen molar-refractivity contribution in [3.63, 3.8) is 0 Å². The number of nitrogens with zero attached hydrogens (tertiary/aromatic N) is 1. The molecule has 0 saturated carbocycles. The van der Waals surface area contributed by atoms with Gasteiger partial charge in [-0.1, -0.05) is 29.8 Å². The van der Waals surface area contributed by atoms with E-state index in [-0.39, 0.29) is 28.9 Å². The van der Waals surface area contributed by atoms with Gasteiger partial charge in [-0.15, -0.1) is 0 Å². The Balaban J connectivity index is 1.63. The molecule has 0 spiro atoms. The van der Waals surface area contributed by atoms with E-state index in [4.69, 9.17) is 4.74 Å². The summed E-state index contributed by atoms with van der Waals surface area (Å²) in [5, 5.41) is 2.84. The van der Waals surface area contributed by atoms with Crippen LogP contribution in [0.1, 0.15) is 32.7 Å². The molecule has 0 aliphatic carbocycles. The highest BCUT2D eigenvalue weighted by molar-refractivity contribution is 6.05. The number of aryl methyl sites for hydroxylation is 1. The van der Waals surface area contributed by atoms with Crippen molar-refractivity contribution in [2.75, 3.05) is 25.1 Å². The van der Waals surface area contributed by atoms with E-state index >= 15 is 0 Å². The summed E-state index contributed by atoms with van der Waals surface area (Å²) in [6, 6.07) is 14.3. The minimum atomic E-state index is -0.553. The Hall–Kier alpha value is -3.15. The zero-order valence-electron chi connectivity index (χ0n) is 15.4. The van der Waals surface area contributed by atoms with Gasteiger partial charge in [0, 0.05) is 31.1 Å². The van der Waals surface area contributed by atoms with Crippen molar-refractivity contribution in [3.05, 3.63) is 65.2 Å². The molecule has 2 amide bonds. The number of hydrogen-bond acceptors (Lipinski definition) is 4. The molecule has 1 aliphatic rings. The molecule has 1 fully saturated rings. The van der Waals surface area contributed by atoms with Crippen LogP contribution in [0.25, 0.3) is 0 Å². The van der Waals surface area contributed by atoms with Crippen molar-refractivity contribution >= 4 is 23.5 Å². The first-order chi connectivity index (χ1) is 13.0. The Labute approximate surface area is 158 Å². The second-order valence-corrected chi connectivity index (χ2v) is 6.66. The van der Waals surface area contributed by atoms with Crippen LogP contribution in [0.2, 0.25) is 0 Å². The van der Waals surface area contributed by atoms with Gasteiger partial charge in [-0.25, -0.2) is 4.79 Å². The van der Waals surface area contributed by atoms with Crippen molar-refractivity contribution in [3.8, 4) is 0 Å². The quantitative estimate of drug-likeness (QED) is 0.825. The van der Waals surface area contributed by atoms with Crippen LogP contribution in [-0.2, 0) is 9.53 Å². The van der Waals surface area contributed by atoms with Crippen LogP contribution in [0.3, 0.4) is 0 Å². The Bertz CT molecular complexity index is 861. The highest BCUT2D eigenvalue weighted by Crippen LogP contribution is 2.25. The summed E-state index contributed by atoms with van der Waals surface area (Å²) in [6.07, 6.45) is 0.382. The van der Waals surface area contributed by atoms with Gasteiger partial charge in [-0.2, -0.15) is 0 Å². The maximum absolute atomic E-state index is 12.5. The third kappa shape index (κ3) is 4.16. The number of carbonyl (C=O) groups excluding carboxylic acids is 3. The summed E-state index contributed by atoms with van der Waals surface area (Å²) in [5.41, 5.74) is 2.50. The van der Waals surface area contributed by atoms with E-state index in [1.54, 1.807) is 29.2 Å².